The first-order valence-corrected chi connectivity index (χ1v) is 7.06. The van der Waals surface area contributed by atoms with E-state index < -0.39 is 5.97 Å². The number of carbonyl (C=O) groups is 2. The molecule has 0 aromatic heterocycles. The van der Waals surface area contributed by atoms with Crippen molar-refractivity contribution in [1.82, 2.24) is 15.1 Å². The van der Waals surface area contributed by atoms with Gasteiger partial charge >= 0.3 is 12.0 Å². The van der Waals surface area contributed by atoms with Crippen molar-refractivity contribution in [1.29, 1.82) is 0 Å². The molecule has 2 fully saturated rings. The molecular formula is C13H23N3O3. The standard InChI is InChI=1S/C13H23N3O3/c1-10-3-2-4-11(10)14-13(19)16-7-5-15(6-8-16)9-12(17)18/h10-11H,2-9H2,1H3,(H,14,19)(H,17,18). The smallest absolute Gasteiger partial charge is 0.317 e. The summed E-state index contributed by atoms with van der Waals surface area (Å²) in [6, 6.07) is 0.318. The predicted molar refractivity (Wildman–Crippen MR) is 71.0 cm³/mol. The Balaban J connectivity index is 1.74. The maximum atomic E-state index is 12.1. The molecule has 0 aromatic carbocycles. The molecule has 1 aliphatic heterocycles. The van der Waals surface area contributed by atoms with Crippen molar-refractivity contribution < 1.29 is 14.7 Å². The summed E-state index contributed by atoms with van der Waals surface area (Å²) >= 11 is 0. The molecule has 0 radical (unpaired) electrons. The van der Waals surface area contributed by atoms with E-state index in [0.29, 0.717) is 38.1 Å². The highest BCUT2D eigenvalue weighted by Crippen LogP contribution is 2.24. The summed E-state index contributed by atoms with van der Waals surface area (Å²) in [7, 11) is 0. The zero-order chi connectivity index (χ0) is 13.8. The second kappa shape index (κ2) is 6.23. The van der Waals surface area contributed by atoms with Crippen LogP contribution in [-0.2, 0) is 4.79 Å². The van der Waals surface area contributed by atoms with E-state index >= 15 is 0 Å². The topological polar surface area (TPSA) is 72.9 Å². The molecule has 2 atom stereocenters. The minimum atomic E-state index is -0.808. The van der Waals surface area contributed by atoms with Crippen LogP contribution >= 0.6 is 0 Å². The molecule has 0 spiro atoms. The Morgan fingerprint density at radius 3 is 2.42 bits per heavy atom. The molecule has 6 heteroatoms. The van der Waals surface area contributed by atoms with Crippen molar-refractivity contribution in [2.75, 3.05) is 32.7 Å². The largest absolute Gasteiger partial charge is 0.480 e. The lowest BCUT2D eigenvalue weighted by Gasteiger charge is -2.34. The van der Waals surface area contributed by atoms with Gasteiger partial charge in [0, 0.05) is 32.2 Å². The normalized spacial score (nSPS) is 28.4. The van der Waals surface area contributed by atoms with Gasteiger partial charge in [0.25, 0.3) is 0 Å². The lowest BCUT2D eigenvalue weighted by molar-refractivity contribution is -0.138. The van der Waals surface area contributed by atoms with Gasteiger partial charge in [-0.1, -0.05) is 13.3 Å². The highest BCUT2D eigenvalue weighted by Gasteiger charge is 2.28. The van der Waals surface area contributed by atoms with E-state index in [1.54, 1.807) is 4.90 Å². The van der Waals surface area contributed by atoms with Crippen LogP contribution in [-0.4, -0.2) is 65.7 Å². The van der Waals surface area contributed by atoms with Crippen molar-refractivity contribution in [3.05, 3.63) is 0 Å². The molecule has 2 N–H and O–H groups in total. The highest BCUT2D eigenvalue weighted by molar-refractivity contribution is 5.74. The summed E-state index contributed by atoms with van der Waals surface area (Å²) in [5.41, 5.74) is 0. The minimum absolute atomic E-state index is 0.00808. The summed E-state index contributed by atoms with van der Waals surface area (Å²) in [5, 5.41) is 11.8. The monoisotopic (exact) mass is 269 g/mol. The first kappa shape index (κ1) is 14.1. The Morgan fingerprint density at radius 2 is 1.89 bits per heavy atom. The summed E-state index contributed by atoms with van der Waals surface area (Å²) in [6.45, 7) is 4.75. The molecule has 0 aromatic rings. The van der Waals surface area contributed by atoms with Crippen LogP contribution in [0.1, 0.15) is 26.2 Å². The van der Waals surface area contributed by atoms with Crippen LogP contribution < -0.4 is 5.32 Å². The van der Waals surface area contributed by atoms with Crippen LogP contribution in [0.25, 0.3) is 0 Å². The number of hydrogen-bond acceptors (Lipinski definition) is 3. The number of carbonyl (C=O) groups excluding carboxylic acids is 1. The van der Waals surface area contributed by atoms with Crippen LogP contribution in [0.4, 0.5) is 4.79 Å². The quantitative estimate of drug-likeness (QED) is 0.786. The number of urea groups is 1. The average molecular weight is 269 g/mol. The molecule has 2 aliphatic rings. The van der Waals surface area contributed by atoms with E-state index in [1.807, 2.05) is 4.90 Å². The van der Waals surface area contributed by atoms with Crippen LogP contribution in [0.5, 0.6) is 0 Å². The lowest BCUT2D eigenvalue weighted by Crippen LogP contribution is -2.54. The fourth-order valence-electron chi connectivity index (χ4n) is 2.91. The fraction of sp³-hybridized carbons (Fsp3) is 0.846. The molecule has 1 saturated carbocycles. The Bertz CT molecular complexity index is 340. The molecule has 6 nitrogen and oxygen atoms in total. The molecule has 19 heavy (non-hydrogen) atoms. The van der Waals surface area contributed by atoms with Crippen LogP contribution in [0, 0.1) is 5.92 Å². The molecule has 1 aliphatic carbocycles. The maximum Gasteiger partial charge on any atom is 0.317 e. The molecule has 0 bridgehead atoms. The first-order chi connectivity index (χ1) is 9.06. The van der Waals surface area contributed by atoms with Gasteiger partial charge < -0.3 is 15.3 Å². The number of amides is 2. The zero-order valence-electron chi connectivity index (χ0n) is 11.5. The van der Waals surface area contributed by atoms with Gasteiger partial charge in [0.2, 0.25) is 0 Å². The molecule has 2 rings (SSSR count). The van der Waals surface area contributed by atoms with E-state index in [1.165, 1.54) is 12.8 Å². The van der Waals surface area contributed by atoms with E-state index in [-0.39, 0.29) is 12.6 Å². The number of hydrogen-bond donors (Lipinski definition) is 2. The van der Waals surface area contributed by atoms with Crippen molar-refractivity contribution >= 4 is 12.0 Å². The van der Waals surface area contributed by atoms with Gasteiger partial charge in [-0.15, -0.1) is 0 Å². The van der Waals surface area contributed by atoms with Crippen molar-refractivity contribution in [2.45, 2.75) is 32.2 Å². The third-order valence-electron chi connectivity index (χ3n) is 4.19. The molecule has 2 amide bonds. The second-order valence-corrected chi connectivity index (χ2v) is 5.62. The van der Waals surface area contributed by atoms with Crippen molar-refractivity contribution in [3.8, 4) is 0 Å². The maximum absolute atomic E-state index is 12.1. The Kier molecular flexibility index (Phi) is 4.63. The molecular weight excluding hydrogens is 246 g/mol. The van der Waals surface area contributed by atoms with E-state index in [2.05, 4.69) is 12.2 Å². The lowest BCUT2D eigenvalue weighted by atomic mass is 10.1. The number of piperazine rings is 1. The van der Waals surface area contributed by atoms with Crippen molar-refractivity contribution in [3.63, 3.8) is 0 Å². The number of carboxylic acid groups (broad SMARTS) is 1. The Morgan fingerprint density at radius 1 is 1.21 bits per heavy atom. The van der Waals surface area contributed by atoms with Gasteiger partial charge in [0.05, 0.1) is 6.54 Å². The Hall–Kier alpha value is -1.30. The molecule has 2 unspecified atom stereocenters. The van der Waals surface area contributed by atoms with Gasteiger partial charge in [0.15, 0.2) is 0 Å². The number of nitrogens with zero attached hydrogens (tertiary/aromatic N) is 2. The van der Waals surface area contributed by atoms with E-state index in [0.717, 1.165) is 6.42 Å². The van der Waals surface area contributed by atoms with E-state index in [9.17, 15) is 9.59 Å². The minimum Gasteiger partial charge on any atom is -0.480 e. The number of carboxylic acids is 1. The Labute approximate surface area is 113 Å². The average Bonchev–Trinajstić information content (AvgIpc) is 2.75. The zero-order valence-corrected chi connectivity index (χ0v) is 11.5. The summed E-state index contributed by atoms with van der Waals surface area (Å²) in [5.74, 6) is -0.241. The third kappa shape index (κ3) is 3.83. The van der Waals surface area contributed by atoms with Gasteiger partial charge in [-0.3, -0.25) is 9.69 Å². The second-order valence-electron chi connectivity index (χ2n) is 5.62. The first-order valence-electron chi connectivity index (χ1n) is 7.06. The van der Waals surface area contributed by atoms with Gasteiger partial charge in [-0.05, 0) is 18.8 Å². The van der Waals surface area contributed by atoms with E-state index in [4.69, 9.17) is 5.11 Å². The third-order valence-corrected chi connectivity index (χ3v) is 4.19. The summed E-state index contributed by atoms with van der Waals surface area (Å²) in [6.07, 6.45) is 3.46. The number of rotatable bonds is 3. The molecule has 1 heterocycles. The number of nitrogens with one attached hydrogen (secondary N) is 1. The van der Waals surface area contributed by atoms with Crippen LogP contribution in [0.3, 0.4) is 0 Å². The summed E-state index contributed by atoms with van der Waals surface area (Å²) < 4.78 is 0. The summed E-state index contributed by atoms with van der Waals surface area (Å²) in [4.78, 5) is 26.4. The van der Waals surface area contributed by atoms with Gasteiger partial charge in [-0.2, -0.15) is 0 Å². The van der Waals surface area contributed by atoms with Crippen molar-refractivity contribution in [2.24, 2.45) is 5.92 Å². The van der Waals surface area contributed by atoms with Crippen LogP contribution in [0.15, 0.2) is 0 Å². The SMILES string of the molecule is CC1CCCC1NC(=O)N1CCN(CC(=O)O)CC1. The van der Waals surface area contributed by atoms with Gasteiger partial charge in [-0.25, -0.2) is 4.79 Å². The number of aliphatic carboxylic acids is 1. The van der Waals surface area contributed by atoms with Gasteiger partial charge in [0.1, 0.15) is 0 Å². The fourth-order valence-corrected chi connectivity index (χ4v) is 2.91. The van der Waals surface area contributed by atoms with Crippen LogP contribution in [0.2, 0.25) is 0 Å². The molecule has 108 valence electrons. The molecule has 1 saturated heterocycles. The highest BCUT2D eigenvalue weighted by atomic mass is 16.4. The predicted octanol–water partition coefficient (Wildman–Crippen LogP) is 0.587.